The van der Waals surface area contributed by atoms with Crippen LogP contribution in [0.25, 0.3) is 0 Å². The third-order valence-corrected chi connectivity index (χ3v) is 7.16. The van der Waals surface area contributed by atoms with E-state index >= 15 is 0 Å². The number of quaternary nitrogens is 1. The van der Waals surface area contributed by atoms with Crippen LogP contribution in [0.15, 0.2) is 0 Å². The Labute approximate surface area is 249 Å². The zero-order valence-electron chi connectivity index (χ0n) is 22.8. The Balaban J connectivity index is 3.13. The molecule has 1 saturated heterocycles. The molecule has 47 heavy (non-hydrogen) atoms. The maximum atomic E-state index is 14.0. The van der Waals surface area contributed by atoms with Crippen LogP contribution in [-0.2, 0) is 9.59 Å². The molecule has 1 rings (SSSR count). The molecule has 0 radical (unpaired) electrons. The predicted octanol–water partition coefficient (Wildman–Crippen LogP) is 3.01. The van der Waals surface area contributed by atoms with Crippen LogP contribution >= 0.6 is 0 Å². The van der Waals surface area contributed by atoms with Crippen LogP contribution in [0, 0.1) is 0 Å². The molecule has 7 nitrogen and oxygen atoms in total. The second-order valence-electron chi connectivity index (χ2n) is 10.3. The first-order valence-electron chi connectivity index (χ1n) is 12.4. The molecule has 0 bridgehead atoms. The average Bonchev–Trinajstić information content (AvgIpc) is 2.90. The van der Waals surface area contributed by atoms with Gasteiger partial charge in [0.1, 0.15) is 13.1 Å². The molecule has 0 aromatic rings. The monoisotopic (exact) mass is 741 g/mol. The van der Waals surface area contributed by atoms with Crippen molar-refractivity contribution < 1.29 is 108 Å². The summed E-state index contributed by atoms with van der Waals surface area (Å²) in [4.78, 5) is 23.9. The summed E-state index contributed by atoms with van der Waals surface area (Å²) in [5.74, 6) is -73.7. The van der Waals surface area contributed by atoms with Gasteiger partial charge in [-0.2, -0.15) is 83.4 Å². The Morgan fingerprint density at radius 2 is 1.04 bits per heavy atom. The van der Waals surface area contributed by atoms with Gasteiger partial charge in [0, 0.05) is 26.2 Å². The van der Waals surface area contributed by atoms with Crippen molar-refractivity contribution in [3.63, 3.8) is 0 Å². The lowest BCUT2D eigenvalue weighted by Crippen LogP contribution is -2.76. The number of carboxylic acid groups (broad SMARTS) is 1. The van der Waals surface area contributed by atoms with Gasteiger partial charge in [0.15, 0.2) is 0 Å². The maximum Gasteiger partial charge on any atom is 0.460 e. The van der Waals surface area contributed by atoms with Crippen molar-refractivity contribution in [2.45, 2.75) is 60.0 Å². The average molecular weight is 741 g/mol. The third kappa shape index (κ3) is 6.99. The number of carbonyl (C=O) groups is 2. The molecule has 1 fully saturated rings. The second kappa shape index (κ2) is 13.1. The topological polar surface area (TPSA) is 92.7 Å². The number of nitrogens with zero attached hydrogens (tertiary/aromatic N) is 2. The van der Waals surface area contributed by atoms with Crippen LogP contribution < -0.4 is 10.4 Å². The summed E-state index contributed by atoms with van der Waals surface area (Å²) >= 11 is 0. The minimum absolute atomic E-state index is 0.0309. The fourth-order valence-electron chi connectivity index (χ4n) is 4.22. The lowest BCUT2D eigenvalue weighted by molar-refractivity contribution is -0.927. The molecule has 26 heteroatoms. The van der Waals surface area contributed by atoms with Gasteiger partial charge < -0.3 is 24.8 Å². The summed E-state index contributed by atoms with van der Waals surface area (Å²) < 4.78 is 254. The summed E-state index contributed by atoms with van der Waals surface area (Å²) in [5, 5.41) is 20.9. The van der Waals surface area contributed by atoms with E-state index in [9.17, 15) is 98.1 Å². The molecule has 0 atom stereocenters. The van der Waals surface area contributed by atoms with E-state index in [1.165, 1.54) is 4.90 Å². The number of carbonyl (C=O) groups excluding carboxylic acids is 2. The number of nitrogens with one attached hydrogen (secondary N) is 1. The highest BCUT2D eigenvalue weighted by atomic mass is 19.4. The van der Waals surface area contributed by atoms with E-state index in [2.05, 4.69) is 0 Å². The van der Waals surface area contributed by atoms with E-state index < -0.39 is 91.6 Å². The first-order chi connectivity index (χ1) is 20.7. The molecule has 1 aliphatic rings. The van der Waals surface area contributed by atoms with Crippen molar-refractivity contribution in [3.05, 3.63) is 0 Å². The Morgan fingerprint density at radius 3 is 1.40 bits per heavy atom. The summed E-state index contributed by atoms with van der Waals surface area (Å²) in [6.07, 6.45) is -8.52. The van der Waals surface area contributed by atoms with Crippen molar-refractivity contribution >= 4 is 11.9 Å². The van der Waals surface area contributed by atoms with Crippen molar-refractivity contribution in [2.75, 3.05) is 59.0 Å². The Morgan fingerprint density at radius 1 is 0.660 bits per heavy atom. The van der Waals surface area contributed by atoms with Crippen LogP contribution in [0.5, 0.6) is 0 Å². The van der Waals surface area contributed by atoms with Crippen LogP contribution in [0.2, 0.25) is 0 Å². The Hall–Kier alpha value is -2.51. The van der Waals surface area contributed by atoms with Crippen molar-refractivity contribution in [1.82, 2.24) is 10.2 Å². The molecule has 0 aromatic carbocycles. The normalized spacial score (nSPS) is 18.3. The van der Waals surface area contributed by atoms with E-state index in [1.54, 1.807) is 0 Å². The van der Waals surface area contributed by atoms with E-state index in [4.69, 9.17) is 5.11 Å². The number of piperazine rings is 1. The number of hydrogen-bond donors (Lipinski definition) is 2. The first kappa shape index (κ1) is 42.5. The summed E-state index contributed by atoms with van der Waals surface area (Å²) in [7, 11) is 0. The molecule has 0 spiro atoms. The van der Waals surface area contributed by atoms with Gasteiger partial charge in [0.2, 0.25) is 0 Å². The number of rotatable bonds is 16. The highest BCUT2D eigenvalue weighted by Crippen LogP contribution is 2.65. The summed E-state index contributed by atoms with van der Waals surface area (Å²) in [6.45, 7) is -2.28. The molecule has 1 heterocycles. The maximum absolute atomic E-state index is 14.0. The summed E-state index contributed by atoms with van der Waals surface area (Å²) in [6, 6.07) is 0. The zero-order chi connectivity index (χ0) is 37.5. The fraction of sp³-hybridized carbons (Fsp3) is 0.905. The molecule has 0 unspecified atom stereocenters. The van der Waals surface area contributed by atoms with E-state index in [-0.39, 0.29) is 43.8 Å². The molecule has 0 aliphatic carbocycles. The van der Waals surface area contributed by atoms with Crippen LogP contribution in [0.3, 0.4) is 0 Å². The van der Waals surface area contributed by atoms with E-state index in [0.717, 1.165) is 5.32 Å². The molecule has 0 aromatic heterocycles. The van der Waals surface area contributed by atoms with Gasteiger partial charge in [0.05, 0.1) is 25.7 Å². The number of carboxylic acids is 1. The molecule has 0 saturated carbocycles. The smallest absolute Gasteiger partial charge is 0.460 e. The standard InChI is InChI=1S/C21H22F19N3O4/c22-13(23,12(47)41-2-1-3-42-4-6-43(7-5-42,8-9-44)10-11(45)46)14(24,25)15(26,27)16(28,29)17(30,31)18(32,33)19(34,35)20(36,37)21(38,39)40/h44H,1-10H2,(H-,41,45,46,47). The van der Waals surface area contributed by atoms with Gasteiger partial charge in [-0.1, -0.05) is 0 Å². The van der Waals surface area contributed by atoms with E-state index in [0.29, 0.717) is 0 Å². The molecule has 2 N–H and O–H groups in total. The Bertz CT molecular complexity index is 1120. The first-order valence-corrected chi connectivity index (χ1v) is 12.4. The summed E-state index contributed by atoms with van der Waals surface area (Å²) in [5.41, 5.74) is 0. The van der Waals surface area contributed by atoms with Gasteiger partial charge in [0.25, 0.3) is 5.91 Å². The lowest BCUT2D eigenvalue weighted by Gasteiger charge is -2.44. The third-order valence-electron chi connectivity index (χ3n) is 7.16. The highest BCUT2D eigenvalue weighted by Gasteiger charge is 2.97. The number of aliphatic hydroxyl groups is 1. The minimum Gasteiger partial charge on any atom is -0.544 e. The zero-order valence-corrected chi connectivity index (χ0v) is 22.8. The second-order valence-corrected chi connectivity index (χ2v) is 10.3. The number of halogens is 19. The van der Waals surface area contributed by atoms with Gasteiger partial charge in [-0.25, -0.2) is 0 Å². The number of hydrogen-bond acceptors (Lipinski definition) is 5. The molecule has 1 aliphatic heterocycles. The van der Waals surface area contributed by atoms with Crippen LogP contribution in [0.1, 0.15) is 6.42 Å². The van der Waals surface area contributed by atoms with Gasteiger partial charge in [-0.15, -0.1) is 0 Å². The van der Waals surface area contributed by atoms with Crippen LogP contribution in [-0.4, -0.2) is 139 Å². The Kier molecular flexibility index (Phi) is 11.8. The fourth-order valence-corrected chi connectivity index (χ4v) is 4.22. The molecule has 1 amide bonds. The quantitative estimate of drug-likeness (QED) is 0.144. The predicted molar refractivity (Wildman–Crippen MR) is 112 cm³/mol. The number of amides is 1. The SMILES string of the molecule is O=C([O-])C[N+]1(CCO)CCN(CCCNC(=O)C(F)(F)C(F)(F)C(F)(F)C(F)(F)C(F)(F)C(F)(F)C(F)(F)C(F)(F)C(F)(F)F)CC1. The molecular weight excluding hydrogens is 719 g/mol. The van der Waals surface area contributed by atoms with Crippen molar-refractivity contribution in [1.29, 1.82) is 0 Å². The lowest BCUT2D eigenvalue weighted by atomic mass is 9.87. The number of aliphatic carboxylic acids is 1. The van der Waals surface area contributed by atoms with Crippen molar-refractivity contribution in [3.8, 4) is 0 Å². The van der Waals surface area contributed by atoms with E-state index in [1.807, 2.05) is 0 Å². The number of alkyl halides is 19. The minimum atomic E-state index is -9.07. The molecule has 278 valence electrons. The van der Waals surface area contributed by atoms with Crippen molar-refractivity contribution in [2.24, 2.45) is 0 Å². The largest absolute Gasteiger partial charge is 0.544 e. The van der Waals surface area contributed by atoms with Crippen LogP contribution in [0.4, 0.5) is 83.4 Å². The van der Waals surface area contributed by atoms with Gasteiger partial charge in [-0.05, 0) is 6.42 Å². The molecular formula is C21H22F19N3O4. The number of aliphatic hydroxyl groups excluding tert-OH is 1. The van der Waals surface area contributed by atoms with Gasteiger partial charge in [-0.3, -0.25) is 9.69 Å². The highest BCUT2D eigenvalue weighted by molar-refractivity contribution is 5.84. The van der Waals surface area contributed by atoms with Gasteiger partial charge >= 0.3 is 53.6 Å².